The molecule has 38 valence electrons. The third kappa shape index (κ3) is 1.85. The first-order valence-electron chi connectivity index (χ1n) is 2.06. The van der Waals surface area contributed by atoms with E-state index in [1.54, 1.807) is 19.1 Å². The molecule has 0 atom stereocenters. The normalized spacial score (nSPS) is 6.00. The number of hydrogen-bond donors (Lipinski definition) is 0. The van der Waals surface area contributed by atoms with Gasteiger partial charge >= 0.3 is 0 Å². The number of rotatable bonds is 0. The molecule has 0 radical (unpaired) electrons. The van der Waals surface area contributed by atoms with Crippen LogP contribution in [0.3, 0.4) is 0 Å². The summed E-state index contributed by atoms with van der Waals surface area (Å²) in [4.78, 5) is 0. The molecule has 0 saturated carbocycles. The van der Waals surface area contributed by atoms with Crippen molar-refractivity contribution < 1.29 is 0 Å². The molecule has 2 nitrogen and oxygen atoms in total. The largest absolute Gasteiger partial charge is 0.196 e. The van der Waals surface area contributed by atoms with Crippen LogP contribution in [0.4, 0.5) is 0 Å². The average molecular weight is 104 g/mol. The van der Waals surface area contributed by atoms with Gasteiger partial charge in [-0.2, -0.15) is 10.5 Å². The maximum atomic E-state index is 8.08. The fourth-order valence-corrected chi connectivity index (χ4v) is 0.238. The predicted molar refractivity (Wildman–Crippen MR) is 28.2 cm³/mol. The van der Waals surface area contributed by atoms with E-state index in [1.807, 2.05) is 0 Å². The van der Waals surface area contributed by atoms with Gasteiger partial charge in [0.25, 0.3) is 0 Å². The molecule has 0 N–H and O–H groups in total. The molecule has 0 aromatic carbocycles. The highest BCUT2D eigenvalue weighted by Gasteiger charge is 1.94. The summed E-state index contributed by atoms with van der Waals surface area (Å²) in [5.74, 6) is 4.13. The molecule has 8 heavy (non-hydrogen) atoms. The van der Waals surface area contributed by atoms with Crippen molar-refractivity contribution in [1.82, 2.24) is 0 Å². The fraction of sp³-hybridized carbons (Fsp3) is 0.333. The van der Waals surface area contributed by atoms with Crippen LogP contribution in [0.25, 0.3) is 0 Å². The predicted octanol–water partition coefficient (Wildman–Crippen LogP) is 0.673. The van der Waals surface area contributed by atoms with Gasteiger partial charge in [-0.1, -0.05) is 5.92 Å². The Morgan fingerprint density at radius 1 is 1.25 bits per heavy atom. The SMILES string of the molecule is CC#CC(C#N)C#N. The van der Waals surface area contributed by atoms with Crippen LogP contribution >= 0.6 is 0 Å². The minimum Gasteiger partial charge on any atom is -0.196 e. The standard InChI is InChI=1S/C6H4N2/c1-2-3-6(4-7)5-8/h6H,1H3. The highest BCUT2D eigenvalue weighted by molar-refractivity contribution is 5.18. The van der Waals surface area contributed by atoms with Gasteiger partial charge in [-0.05, 0) is 6.92 Å². The summed E-state index contributed by atoms with van der Waals surface area (Å²) < 4.78 is 0. The zero-order valence-electron chi connectivity index (χ0n) is 4.47. The first-order chi connectivity index (χ1) is 3.85. The molecule has 0 saturated heterocycles. The molecule has 0 aromatic heterocycles. The van der Waals surface area contributed by atoms with Crippen molar-refractivity contribution in [1.29, 1.82) is 10.5 Å². The summed E-state index contributed by atoms with van der Waals surface area (Å²) in [6, 6.07) is 3.44. The summed E-state index contributed by atoms with van der Waals surface area (Å²) in [7, 11) is 0. The van der Waals surface area contributed by atoms with Crippen molar-refractivity contribution in [2.45, 2.75) is 6.92 Å². The molecule has 2 heteroatoms. The van der Waals surface area contributed by atoms with Crippen LogP contribution < -0.4 is 0 Å². The van der Waals surface area contributed by atoms with E-state index in [1.165, 1.54) is 0 Å². The molecule has 0 spiro atoms. The van der Waals surface area contributed by atoms with E-state index in [0.717, 1.165) is 0 Å². The summed E-state index contributed by atoms with van der Waals surface area (Å²) in [5, 5.41) is 16.2. The lowest BCUT2D eigenvalue weighted by Crippen LogP contribution is -1.84. The summed E-state index contributed by atoms with van der Waals surface area (Å²) >= 11 is 0. The van der Waals surface area contributed by atoms with Crippen LogP contribution in [0.2, 0.25) is 0 Å². The van der Waals surface area contributed by atoms with Crippen molar-refractivity contribution >= 4 is 0 Å². The summed E-state index contributed by atoms with van der Waals surface area (Å²) in [6.07, 6.45) is 0. The van der Waals surface area contributed by atoms with E-state index in [2.05, 4.69) is 11.8 Å². The first-order valence-corrected chi connectivity index (χ1v) is 2.06. The minimum absolute atomic E-state index is 0.750. The Morgan fingerprint density at radius 2 is 1.75 bits per heavy atom. The van der Waals surface area contributed by atoms with E-state index >= 15 is 0 Å². The minimum atomic E-state index is -0.750. The van der Waals surface area contributed by atoms with Crippen molar-refractivity contribution in [2.75, 3.05) is 0 Å². The summed E-state index contributed by atoms with van der Waals surface area (Å²) in [5.41, 5.74) is 0. The molecule has 0 aliphatic heterocycles. The number of nitriles is 2. The van der Waals surface area contributed by atoms with Crippen molar-refractivity contribution in [2.24, 2.45) is 5.92 Å². The van der Waals surface area contributed by atoms with Crippen LogP contribution in [0.5, 0.6) is 0 Å². The van der Waals surface area contributed by atoms with E-state index in [9.17, 15) is 0 Å². The van der Waals surface area contributed by atoms with Gasteiger partial charge in [0.15, 0.2) is 5.92 Å². The zero-order valence-corrected chi connectivity index (χ0v) is 4.47. The molecule has 0 heterocycles. The molecule has 0 aromatic rings. The fourth-order valence-electron chi connectivity index (χ4n) is 0.238. The van der Waals surface area contributed by atoms with E-state index in [-0.39, 0.29) is 0 Å². The third-order valence-electron chi connectivity index (χ3n) is 0.547. The third-order valence-corrected chi connectivity index (χ3v) is 0.547. The van der Waals surface area contributed by atoms with Crippen LogP contribution in [0, 0.1) is 40.4 Å². The van der Waals surface area contributed by atoms with Gasteiger partial charge in [0, 0.05) is 0 Å². The molecule has 0 unspecified atom stereocenters. The van der Waals surface area contributed by atoms with Crippen LogP contribution in [0.1, 0.15) is 6.92 Å². The van der Waals surface area contributed by atoms with Crippen LogP contribution in [-0.4, -0.2) is 0 Å². The van der Waals surface area contributed by atoms with Gasteiger partial charge < -0.3 is 0 Å². The molecule has 0 bridgehead atoms. The molecule has 0 rings (SSSR count). The van der Waals surface area contributed by atoms with Gasteiger partial charge in [0.2, 0.25) is 0 Å². The Morgan fingerprint density at radius 3 is 1.88 bits per heavy atom. The van der Waals surface area contributed by atoms with Crippen LogP contribution in [0.15, 0.2) is 0 Å². The zero-order chi connectivity index (χ0) is 6.41. The lowest BCUT2D eigenvalue weighted by Gasteiger charge is -1.75. The van der Waals surface area contributed by atoms with Crippen molar-refractivity contribution in [3.63, 3.8) is 0 Å². The number of hydrogen-bond acceptors (Lipinski definition) is 2. The molecule has 0 aliphatic carbocycles. The van der Waals surface area contributed by atoms with Gasteiger partial charge in [0.1, 0.15) is 0 Å². The molecular weight excluding hydrogens is 100 g/mol. The number of nitrogens with zero attached hydrogens (tertiary/aromatic N) is 2. The summed E-state index contributed by atoms with van der Waals surface area (Å²) in [6.45, 7) is 1.60. The Kier molecular flexibility index (Phi) is 3.04. The van der Waals surface area contributed by atoms with E-state index in [4.69, 9.17) is 10.5 Å². The van der Waals surface area contributed by atoms with Gasteiger partial charge in [-0.15, -0.1) is 5.92 Å². The first kappa shape index (κ1) is 6.54. The molecule has 0 fully saturated rings. The van der Waals surface area contributed by atoms with Crippen molar-refractivity contribution in [3.05, 3.63) is 0 Å². The van der Waals surface area contributed by atoms with E-state index in [0.29, 0.717) is 0 Å². The molecule has 0 aliphatic rings. The van der Waals surface area contributed by atoms with Gasteiger partial charge in [0.05, 0.1) is 12.1 Å². The van der Waals surface area contributed by atoms with Crippen LogP contribution in [-0.2, 0) is 0 Å². The lowest BCUT2D eigenvalue weighted by atomic mass is 10.2. The van der Waals surface area contributed by atoms with Gasteiger partial charge in [-0.3, -0.25) is 0 Å². The highest BCUT2D eigenvalue weighted by atomic mass is 14.3. The second-order valence-corrected chi connectivity index (χ2v) is 1.09. The second-order valence-electron chi connectivity index (χ2n) is 1.09. The maximum absolute atomic E-state index is 8.08. The Hall–Kier alpha value is -1.46. The maximum Gasteiger partial charge on any atom is 0.193 e. The molecular formula is C6H4N2. The quantitative estimate of drug-likeness (QED) is 0.424. The molecule has 0 amide bonds. The van der Waals surface area contributed by atoms with Crippen molar-refractivity contribution in [3.8, 4) is 24.0 Å². The Labute approximate surface area is 48.3 Å². The Balaban J connectivity index is 3.95. The van der Waals surface area contributed by atoms with E-state index < -0.39 is 5.92 Å². The smallest absolute Gasteiger partial charge is 0.193 e. The highest BCUT2D eigenvalue weighted by Crippen LogP contribution is 1.84. The average Bonchev–Trinajstić information content (AvgIpc) is 1.83. The van der Waals surface area contributed by atoms with Gasteiger partial charge in [-0.25, -0.2) is 0 Å². The lowest BCUT2D eigenvalue weighted by molar-refractivity contribution is 1.13. The Bertz CT molecular complexity index is 179. The topological polar surface area (TPSA) is 47.6 Å². The second kappa shape index (κ2) is 3.72. The monoisotopic (exact) mass is 104 g/mol.